The van der Waals surface area contributed by atoms with Crippen LogP contribution in [0.3, 0.4) is 0 Å². The summed E-state index contributed by atoms with van der Waals surface area (Å²) in [6, 6.07) is 17.2. The standard InChI is InChI=1S/C20H20N4O2/c1-13(2)26-15-7-5-6-14(10-15)18-11-19(24-20(21)22-12-25)16-8-3-4-9-17(16)23-18/h3-13H,1-2H3,(H3,21,22,23,24,25). The molecule has 3 rings (SSSR count). The van der Waals surface area contributed by atoms with Crippen LogP contribution in [0.2, 0.25) is 0 Å². The fourth-order valence-corrected chi connectivity index (χ4v) is 2.62. The van der Waals surface area contributed by atoms with Crippen LogP contribution in [-0.4, -0.2) is 23.5 Å². The summed E-state index contributed by atoms with van der Waals surface area (Å²) in [5.41, 5.74) is 8.82. The maximum Gasteiger partial charge on any atom is 0.213 e. The predicted octanol–water partition coefficient (Wildman–Crippen LogP) is 3.38. The Bertz CT molecular complexity index is 967. The van der Waals surface area contributed by atoms with E-state index in [9.17, 15) is 4.79 Å². The fraction of sp³-hybridized carbons (Fsp3) is 0.150. The summed E-state index contributed by atoms with van der Waals surface area (Å²) in [4.78, 5) is 19.6. The number of guanidine groups is 1. The van der Waals surface area contributed by atoms with Crippen molar-refractivity contribution in [3.63, 3.8) is 0 Å². The summed E-state index contributed by atoms with van der Waals surface area (Å²) in [7, 11) is 0. The zero-order valence-corrected chi connectivity index (χ0v) is 14.6. The number of carbonyl (C=O) groups excluding carboxylic acids is 1. The van der Waals surface area contributed by atoms with Crippen LogP contribution in [0.4, 0.5) is 5.69 Å². The Morgan fingerprint density at radius 2 is 2.00 bits per heavy atom. The SMILES string of the molecule is CC(C)Oc1cccc(-c2cc(N=C(N)NC=O)c3ccccc3n2)c1. The Balaban J connectivity index is 2.12. The van der Waals surface area contributed by atoms with Gasteiger partial charge in [-0.1, -0.05) is 30.3 Å². The molecule has 6 nitrogen and oxygen atoms in total. The number of nitrogens with one attached hydrogen (secondary N) is 1. The van der Waals surface area contributed by atoms with E-state index in [0.717, 1.165) is 27.9 Å². The number of aromatic nitrogens is 1. The van der Waals surface area contributed by atoms with Gasteiger partial charge in [0.1, 0.15) is 5.75 Å². The van der Waals surface area contributed by atoms with E-state index in [4.69, 9.17) is 15.5 Å². The summed E-state index contributed by atoms with van der Waals surface area (Å²) < 4.78 is 5.77. The Labute approximate surface area is 151 Å². The lowest BCUT2D eigenvalue weighted by atomic mass is 10.1. The predicted molar refractivity (Wildman–Crippen MR) is 103 cm³/mol. The first-order valence-electron chi connectivity index (χ1n) is 8.28. The molecule has 3 N–H and O–H groups in total. The van der Waals surface area contributed by atoms with Gasteiger partial charge in [-0.3, -0.25) is 10.1 Å². The first kappa shape index (κ1) is 17.4. The van der Waals surface area contributed by atoms with Gasteiger partial charge in [-0.15, -0.1) is 0 Å². The molecule has 0 bridgehead atoms. The molecule has 0 saturated heterocycles. The number of carbonyl (C=O) groups is 1. The average Bonchev–Trinajstić information content (AvgIpc) is 2.61. The molecule has 6 heteroatoms. The first-order chi connectivity index (χ1) is 12.6. The topological polar surface area (TPSA) is 89.6 Å². The number of aliphatic imine (C=N–C) groups is 1. The Morgan fingerprint density at radius 1 is 1.19 bits per heavy atom. The number of hydrogen-bond donors (Lipinski definition) is 2. The van der Waals surface area contributed by atoms with Gasteiger partial charge in [0, 0.05) is 10.9 Å². The molecule has 0 unspecified atom stereocenters. The normalized spacial score (nSPS) is 11.6. The zero-order chi connectivity index (χ0) is 18.5. The monoisotopic (exact) mass is 348 g/mol. The van der Waals surface area contributed by atoms with Crippen molar-refractivity contribution in [2.24, 2.45) is 10.7 Å². The highest BCUT2D eigenvalue weighted by Crippen LogP contribution is 2.31. The van der Waals surface area contributed by atoms with E-state index >= 15 is 0 Å². The summed E-state index contributed by atoms with van der Waals surface area (Å²) in [5.74, 6) is 0.804. The van der Waals surface area contributed by atoms with E-state index in [1.54, 1.807) is 0 Å². The third-order valence-electron chi connectivity index (χ3n) is 3.64. The van der Waals surface area contributed by atoms with Gasteiger partial charge in [0.25, 0.3) is 0 Å². The minimum atomic E-state index is 0.0270. The quantitative estimate of drug-likeness (QED) is 0.420. The number of nitrogens with zero attached hydrogens (tertiary/aromatic N) is 2. The van der Waals surface area contributed by atoms with Gasteiger partial charge in [-0.2, -0.15) is 0 Å². The lowest BCUT2D eigenvalue weighted by Crippen LogP contribution is -2.29. The second-order valence-electron chi connectivity index (χ2n) is 6.00. The number of ether oxygens (including phenoxy) is 1. The van der Waals surface area contributed by atoms with Crippen LogP contribution < -0.4 is 15.8 Å². The van der Waals surface area contributed by atoms with Crippen molar-refractivity contribution in [3.8, 4) is 17.0 Å². The molecule has 0 aliphatic carbocycles. The number of hydrogen-bond acceptors (Lipinski definition) is 4. The molecule has 1 heterocycles. The Kier molecular flexibility index (Phi) is 5.12. The first-order valence-corrected chi connectivity index (χ1v) is 8.28. The van der Waals surface area contributed by atoms with Gasteiger partial charge in [0.05, 0.1) is 23.0 Å². The minimum Gasteiger partial charge on any atom is -0.491 e. The highest BCUT2D eigenvalue weighted by atomic mass is 16.5. The van der Waals surface area contributed by atoms with Crippen molar-refractivity contribution >= 4 is 29.0 Å². The number of amides is 1. The van der Waals surface area contributed by atoms with E-state index in [1.807, 2.05) is 68.4 Å². The van der Waals surface area contributed by atoms with Crippen LogP contribution in [0.15, 0.2) is 59.6 Å². The molecule has 1 aromatic heterocycles. The number of benzene rings is 2. The van der Waals surface area contributed by atoms with Gasteiger partial charge in [-0.25, -0.2) is 9.98 Å². The van der Waals surface area contributed by atoms with Crippen molar-refractivity contribution in [1.82, 2.24) is 10.3 Å². The lowest BCUT2D eigenvalue weighted by Gasteiger charge is -2.12. The highest BCUT2D eigenvalue weighted by Gasteiger charge is 2.09. The molecule has 0 atom stereocenters. The van der Waals surface area contributed by atoms with Crippen molar-refractivity contribution in [2.75, 3.05) is 0 Å². The third kappa shape index (κ3) is 3.97. The molecule has 0 saturated carbocycles. The third-order valence-corrected chi connectivity index (χ3v) is 3.64. The van der Waals surface area contributed by atoms with Crippen LogP contribution in [0.1, 0.15) is 13.8 Å². The number of para-hydroxylation sites is 1. The molecule has 26 heavy (non-hydrogen) atoms. The number of nitrogens with two attached hydrogens (primary N) is 1. The second kappa shape index (κ2) is 7.65. The zero-order valence-electron chi connectivity index (χ0n) is 14.6. The average molecular weight is 348 g/mol. The van der Waals surface area contributed by atoms with Gasteiger partial charge in [0.2, 0.25) is 6.41 Å². The highest BCUT2D eigenvalue weighted by molar-refractivity contribution is 5.97. The van der Waals surface area contributed by atoms with E-state index in [1.165, 1.54) is 0 Å². The summed E-state index contributed by atoms with van der Waals surface area (Å²) >= 11 is 0. The number of pyridine rings is 1. The van der Waals surface area contributed by atoms with Crippen molar-refractivity contribution in [3.05, 3.63) is 54.6 Å². The van der Waals surface area contributed by atoms with Crippen LogP contribution in [0.25, 0.3) is 22.2 Å². The van der Waals surface area contributed by atoms with Crippen LogP contribution >= 0.6 is 0 Å². The van der Waals surface area contributed by atoms with Gasteiger partial charge in [0.15, 0.2) is 5.96 Å². The smallest absolute Gasteiger partial charge is 0.213 e. The molecule has 0 aliphatic heterocycles. The lowest BCUT2D eigenvalue weighted by molar-refractivity contribution is -0.108. The van der Waals surface area contributed by atoms with E-state index < -0.39 is 0 Å². The molecular formula is C20H20N4O2. The summed E-state index contributed by atoms with van der Waals surface area (Å²) in [6.07, 6.45) is 0.583. The van der Waals surface area contributed by atoms with Gasteiger partial charge in [-0.05, 0) is 38.1 Å². The van der Waals surface area contributed by atoms with Crippen LogP contribution in [0.5, 0.6) is 5.75 Å². The van der Waals surface area contributed by atoms with Gasteiger partial charge < -0.3 is 10.5 Å². The molecule has 132 valence electrons. The number of fused-ring (bicyclic) bond motifs is 1. The van der Waals surface area contributed by atoms with Crippen molar-refractivity contribution in [1.29, 1.82) is 0 Å². The maximum absolute atomic E-state index is 10.6. The molecular weight excluding hydrogens is 328 g/mol. The molecule has 1 amide bonds. The second-order valence-corrected chi connectivity index (χ2v) is 6.00. The molecule has 0 radical (unpaired) electrons. The van der Waals surface area contributed by atoms with Crippen LogP contribution in [0, 0.1) is 0 Å². The maximum atomic E-state index is 10.6. The van der Waals surface area contributed by atoms with E-state index in [0.29, 0.717) is 12.1 Å². The molecule has 0 spiro atoms. The summed E-state index contributed by atoms with van der Waals surface area (Å²) in [5, 5.41) is 3.20. The molecule has 2 aromatic carbocycles. The van der Waals surface area contributed by atoms with Crippen LogP contribution in [-0.2, 0) is 4.79 Å². The Morgan fingerprint density at radius 3 is 2.77 bits per heavy atom. The van der Waals surface area contributed by atoms with Crippen molar-refractivity contribution < 1.29 is 9.53 Å². The number of rotatable bonds is 5. The Hall–Kier alpha value is -3.41. The fourth-order valence-electron chi connectivity index (χ4n) is 2.62. The largest absolute Gasteiger partial charge is 0.491 e. The van der Waals surface area contributed by atoms with E-state index in [2.05, 4.69) is 10.3 Å². The molecule has 0 aliphatic rings. The molecule has 3 aromatic rings. The molecule has 0 fully saturated rings. The van der Waals surface area contributed by atoms with Crippen molar-refractivity contribution in [2.45, 2.75) is 20.0 Å². The van der Waals surface area contributed by atoms with E-state index in [-0.39, 0.29) is 12.1 Å². The minimum absolute atomic E-state index is 0.0270. The van der Waals surface area contributed by atoms with Gasteiger partial charge >= 0.3 is 0 Å². The summed E-state index contributed by atoms with van der Waals surface area (Å²) in [6.45, 7) is 3.97.